The molecule has 1 saturated carbocycles. The first-order valence-electron chi connectivity index (χ1n) is 8.62. The lowest BCUT2D eigenvalue weighted by molar-refractivity contribution is -0.154. The van der Waals surface area contributed by atoms with Crippen molar-refractivity contribution in [1.82, 2.24) is 10.2 Å². The number of hydrogen-bond donors (Lipinski definition) is 1. The average molecular weight is 294 g/mol. The maximum atomic E-state index is 12.8. The van der Waals surface area contributed by atoms with E-state index in [9.17, 15) is 9.59 Å². The number of carbonyl (C=O) groups is 2. The summed E-state index contributed by atoms with van der Waals surface area (Å²) in [6.07, 6.45) is 6.42. The Labute approximate surface area is 128 Å². The van der Waals surface area contributed by atoms with Crippen LogP contribution in [0.4, 0.5) is 0 Å². The summed E-state index contributed by atoms with van der Waals surface area (Å²) in [6.45, 7) is 8.24. The molecule has 21 heavy (non-hydrogen) atoms. The minimum Gasteiger partial charge on any atom is -0.342 e. The molecule has 1 aliphatic heterocycles. The zero-order valence-corrected chi connectivity index (χ0v) is 13.9. The molecular weight excluding hydrogens is 264 g/mol. The van der Waals surface area contributed by atoms with Crippen molar-refractivity contribution in [2.45, 2.75) is 84.3 Å². The fraction of sp³-hybridized carbons (Fsp3) is 0.882. The minimum atomic E-state index is -0.343. The van der Waals surface area contributed by atoms with E-state index in [1.807, 2.05) is 25.7 Å². The van der Waals surface area contributed by atoms with Crippen molar-refractivity contribution in [3.05, 3.63) is 0 Å². The number of nitrogens with zero attached hydrogens (tertiary/aromatic N) is 1. The summed E-state index contributed by atoms with van der Waals surface area (Å²) in [4.78, 5) is 27.1. The number of rotatable bonds is 4. The summed E-state index contributed by atoms with van der Waals surface area (Å²) in [5, 5.41) is 2.93. The Hall–Kier alpha value is -1.06. The van der Waals surface area contributed by atoms with Crippen LogP contribution < -0.4 is 5.32 Å². The Morgan fingerprint density at radius 2 is 1.71 bits per heavy atom. The van der Waals surface area contributed by atoms with Crippen molar-refractivity contribution in [3.63, 3.8) is 0 Å². The molecule has 0 aromatic rings. The van der Waals surface area contributed by atoms with E-state index in [0.717, 1.165) is 18.8 Å². The van der Waals surface area contributed by atoms with E-state index >= 15 is 0 Å². The molecule has 2 unspecified atom stereocenters. The van der Waals surface area contributed by atoms with Gasteiger partial charge in [0.15, 0.2) is 0 Å². The second-order valence-corrected chi connectivity index (χ2v) is 6.98. The maximum Gasteiger partial charge on any atom is 0.246 e. The molecule has 1 aliphatic carbocycles. The van der Waals surface area contributed by atoms with Gasteiger partial charge in [0.05, 0.1) is 0 Å². The highest BCUT2D eigenvalue weighted by molar-refractivity contribution is 5.97. The highest BCUT2D eigenvalue weighted by Gasteiger charge is 2.44. The first-order chi connectivity index (χ1) is 9.99. The van der Waals surface area contributed by atoms with Gasteiger partial charge in [-0.05, 0) is 43.9 Å². The summed E-state index contributed by atoms with van der Waals surface area (Å²) in [5.41, 5.74) is 0. The Bertz CT molecular complexity index is 386. The van der Waals surface area contributed by atoms with E-state index in [-0.39, 0.29) is 35.9 Å². The normalized spacial score (nSPS) is 34.2. The van der Waals surface area contributed by atoms with E-state index in [2.05, 4.69) is 12.2 Å². The standard InChI is InChI=1S/C17H30N2O2/c1-5-12-7-9-13(10-8-12)19-14(6-2)16(20)18-15(11(3)4)17(19)21/h11-15H,5-10H2,1-4H3,(H,18,20). The summed E-state index contributed by atoms with van der Waals surface area (Å²) in [6, 6.07) is -0.350. The lowest BCUT2D eigenvalue weighted by Crippen LogP contribution is -2.67. The predicted molar refractivity (Wildman–Crippen MR) is 83.7 cm³/mol. The van der Waals surface area contributed by atoms with Crippen LogP contribution in [-0.2, 0) is 9.59 Å². The van der Waals surface area contributed by atoms with Gasteiger partial charge in [0.2, 0.25) is 11.8 Å². The molecule has 2 aliphatic rings. The fourth-order valence-electron chi connectivity index (χ4n) is 3.85. The van der Waals surface area contributed by atoms with Crippen LogP contribution in [0.3, 0.4) is 0 Å². The van der Waals surface area contributed by atoms with Crippen LogP contribution in [0.1, 0.15) is 66.2 Å². The van der Waals surface area contributed by atoms with Gasteiger partial charge in [0.25, 0.3) is 0 Å². The van der Waals surface area contributed by atoms with Gasteiger partial charge >= 0.3 is 0 Å². The Morgan fingerprint density at radius 1 is 1.10 bits per heavy atom. The van der Waals surface area contributed by atoms with Crippen LogP contribution >= 0.6 is 0 Å². The molecule has 0 bridgehead atoms. The van der Waals surface area contributed by atoms with Crippen LogP contribution in [-0.4, -0.2) is 34.8 Å². The predicted octanol–water partition coefficient (Wildman–Crippen LogP) is 2.72. The largest absolute Gasteiger partial charge is 0.342 e. The third kappa shape index (κ3) is 3.24. The number of nitrogens with one attached hydrogen (secondary N) is 1. The van der Waals surface area contributed by atoms with Crippen molar-refractivity contribution >= 4 is 11.8 Å². The second-order valence-electron chi connectivity index (χ2n) is 6.98. The van der Waals surface area contributed by atoms with Crippen molar-refractivity contribution in [1.29, 1.82) is 0 Å². The average Bonchev–Trinajstić information content (AvgIpc) is 2.48. The van der Waals surface area contributed by atoms with E-state index < -0.39 is 0 Å². The Balaban J connectivity index is 2.16. The van der Waals surface area contributed by atoms with Gasteiger partial charge in [0.1, 0.15) is 12.1 Å². The second kappa shape index (κ2) is 6.80. The van der Waals surface area contributed by atoms with E-state index in [0.29, 0.717) is 6.42 Å². The minimum absolute atomic E-state index is 0.0356. The van der Waals surface area contributed by atoms with Crippen LogP contribution in [0, 0.1) is 11.8 Å². The zero-order chi connectivity index (χ0) is 15.6. The molecule has 1 heterocycles. The van der Waals surface area contributed by atoms with Crippen molar-refractivity contribution < 1.29 is 9.59 Å². The van der Waals surface area contributed by atoms with Gasteiger partial charge in [0, 0.05) is 6.04 Å². The Kier molecular flexibility index (Phi) is 5.28. The molecule has 4 heteroatoms. The number of carbonyl (C=O) groups excluding carboxylic acids is 2. The zero-order valence-electron chi connectivity index (χ0n) is 13.9. The maximum absolute atomic E-state index is 12.8. The lowest BCUT2D eigenvalue weighted by Gasteiger charge is -2.46. The van der Waals surface area contributed by atoms with Gasteiger partial charge in [-0.3, -0.25) is 9.59 Å². The molecule has 2 fully saturated rings. The molecule has 0 aromatic heterocycles. The monoisotopic (exact) mass is 294 g/mol. The SMILES string of the molecule is CCC1CCC(N2C(=O)C(C(C)C)NC(=O)C2CC)CC1. The molecule has 2 rings (SSSR count). The first-order valence-corrected chi connectivity index (χ1v) is 8.62. The highest BCUT2D eigenvalue weighted by Crippen LogP contribution is 2.32. The van der Waals surface area contributed by atoms with Gasteiger partial charge in [-0.1, -0.05) is 34.1 Å². The number of amides is 2. The van der Waals surface area contributed by atoms with Crippen molar-refractivity contribution in [2.75, 3.05) is 0 Å². The number of hydrogen-bond acceptors (Lipinski definition) is 2. The summed E-state index contributed by atoms with van der Waals surface area (Å²) in [5.74, 6) is 1.12. The third-order valence-corrected chi connectivity index (χ3v) is 5.30. The van der Waals surface area contributed by atoms with Crippen LogP contribution in [0.25, 0.3) is 0 Å². The summed E-state index contributed by atoms with van der Waals surface area (Å²) in [7, 11) is 0. The van der Waals surface area contributed by atoms with Crippen molar-refractivity contribution in [3.8, 4) is 0 Å². The van der Waals surface area contributed by atoms with E-state index in [1.54, 1.807) is 0 Å². The van der Waals surface area contributed by atoms with Gasteiger partial charge in [-0.15, -0.1) is 0 Å². The smallest absolute Gasteiger partial charge is 0.246 e. The molecule has 1 saturated heterocycles. The Morgan fingerprint density at radius 3 is 2.19 bits per heavy atom. The van der Waals surface area contributed by atoms with Crippen molar-refractivity contribution in [2.24, 2.45) is 11.8 Å². The van der Waals surface area contributed by atoms with E-state index in [1.165, 1.54) is 19.3 Å². The van der Waals surface area contributed by atoms with Crippen LogP contribution in [0.2, 0.25) is 0 Å². The fourth-order valence-corrected chi connectivity index (χ4v) is 3.85. The molecule has 0 aromatic carbocycles. The first kappa shape index (κ1) is 16.3. The summed E-state index contributed by atoms with van der Waals surface area (Å²) >= 11 is 0. The molecular formula is C17H30N2O2. The highest BCUT2D eigenvalue weighted by atomic mass is 16.2. The molecule has 2 amide bonds. The molecule has 4 nitrogen and oxygen atoms in total. The molecule has 0 spiro atoms. The topological polar surface area (TPSA) is 49.4 Å². The molecule has 2 atom stereocenters. The van der Waals surface area contributed by atoms with Gasteiger partial charge in [-0.2, -0.15) is 0 Å². The van der Waals surface area contributed by atoms with Crippen LogP contribution in [0.5, 0.6) is 0 Å². The quantitative estimate of drug-likeness (QED) is 0.866. The molecule has 120 valence electrons. The number of piperazine rings is 1. The third-order valence-electron chi connectivity index (χ3n) is 5.30. The summed E-state index contributed by atoms with van der Waals surface area (Å²) < 4.78 is 0. The lowest BCUT2D eigenvalue weighted by atomic mass is 9.82. The van der Waals surface area contributed by atoms with Gasteiger partial charge < -0.3 is 10.2 Å². The van der Waals surface area contributed by atoms with Gasteiger partial charge in [-0.25, -0.2) is 0 Å². The van der Waals surface area contributed by atoms with E-state index in [4.69, 9.17) is 0 Å². The molecule has 0 radical (unpaired) electrons. The molecule has 1 N–H and O–H groups in total. The van der Waals surface area contributed by atoms with Crippen LogP contribution in [0.15, 0.2) is 0 Å².